The van der Waals surface area contributed by atoms with Crippen molar-refractivity contribution >= 4 is 13.8 Å². The Morgan fingerprint density at radius 2 is 0.870 bits per heavy atom. The van der Waals surface area contributed by atoms with Crippen molar-refractivity contribution in [1.82, 2.24) is 0 Å². The number of unbranched alkanes of at least 4 members (excludes halogenated alkanes) is 25. The highest BCUT2D eigenvalue weighted by Crippen LogP contribution is 2.47. The third kappa shape index (κ3) is 25.6. The third-order valence-electron chi connectivity index (χ3n) is 10.5. The standard InChI is InChI=1S/C41H81O12P/c1-3-5-7-9-11-13-14-15-16-17-18-19-20-21-22-24-26-28-30-35(42)52-34(32-50-31-29-27-25-23-12-10-8-6-4-2)33-51-54(48,49)53-41-39(46)37(44)36(43)38(45)40(41)47/h34,36-41,43-47H,3-33H2,1-2H3,(H,48,49). The molecule has 0 spiro atoms. The van der Waals surface area contributed by atoms with Gasteiger partial charge in [-0.1, -0.05) is 174 Å². The summed E-state index contributed by atoms with van der Waals surface area (Å²) < 4.78 is 34.0. The summed E-state index contributed by atoms with van der Waals surface area (Å²) in [6.45, 7) is 4.25. The molecule has 6 atom stereocenters. The number of hydrogen-bond acceptors (Lipinski definition) is 11. The number of aliphatic hydroxyl groups excluding tert-OH is 5. The van der Waals surface area contributed by atoms with E-state index in [1.807, 2.05) is 0 Å². The molecule has 6 N–H and O–H groups in total. The lowest BCUT2D eigenvalue weighted by molar-refractivity contribution is -0.220. The van der Waals surface area contributed by atoms with E-state index in [-0.39, 0.29) is 13.0 Å². The quantitative estimate of drug-likeness (QED) is 0.0201. The molecule has 54 heavy (non-hydrogen) atoms. The van der Waals surface area contributed by atoms with Crippen LogP contribution in [0.2, 0.25) is 0 Å². The van der Waals surface area contributed by atoms with E-state index in [0.29, 0.717) is 13.0 Å². The summed E-state index contributed by atoms with van der Waals surface area (Å²) in [5.74, 6) is -0.473. The second-order valence-corrected chi connectivity index (χ2v) is 17.0. The molecule has 0 aromatic carbocycles. The molecule has 1 fully saturated rings. The van der Waals surface area contributed by atoms with Crippen LogP contribution in [0.4, 0.5) is 0 Å². The summed E-state index contributed by atoms with van der Waals surface area (Å²) in [6, 6.07) is 0. The second kappa shape index (κ2) is 33.3. The van der Waals surface area contributed by atoms with Crippen LogP contribution in [0, 0.1) is 0 Å². The van der Waals surface area contributed by atoms with Crippen LogP contribution in [0.15, 0.2) is 0 Å². The van der Waals surface area contributed by atoms with Crippen molar-refractivity contribution in [2.45, 2.75) is 236 Å². The average Bonchev–Trinajstić information content (AvgIpc) is 3.15. The first-order valence-corrected chi connectivity index (χ1v) is 23.4. The fourth-order valence-electron chi connectivity index (χ4n) is 6.94. The first-order valence-electron chi connectivity index (χ1n) is 21.9. The molecular weight excluding hydrogens is 715 g/mol. The van der Waals surface area contributed by atoms with Gasteiger partial charge in [-0.05, 0) is 12.8 Å². The monoisotopic (exact) mass is 797 g/mol. The minimum absolute atomic E-state index is 0.0693. The maximum absolute atomic E-state index is 12.8. The Labute approximate surface area is 327 Å². The zero-order valence-electron chi connectivity index (χ0n) is 34.0. The summed E-state index contributed by atoms with van der Waals surface area (Å²) >= 11 is 0. The van der Waals surface area contributed by atoms with Gasteiger partial charge in [0.2, 0.25) is 0 Å². The van der Waals surface area contributed by atoms with Gasteiger partial charge in [-0.15, -0.1) is 0 Å². The fourth-order valence-corrected chi connectivity index (χ4v) is 7.92. The normalized spacial score (nSPS) is 23.3. The molecule has 1 saturated carbocycles. The largest absolute Gasteiger partial charge is 0.472 e. The van der Waals surface area contributed by atoms with Gasteiger partial charge in [-0.3, -0.25) is 13.8 Å². The number of aliphatic hydroxyl groups is 5. The van der Waals surface area contributed by atoms with Crippen molar-refractivity contribution in [3.63, 3.8) is 0 Å². The van der Waals surface area contributed by atoms with Crippen LogP contribution in [-0.4, -0.2) is 98.9 Å². The highest BCUT2D eigenvalue weighted by atomic mass is 31.2. The van der Waals surface area contributed by atoms with Gasteiger partial charge in [0.25, 0.3) is 0 Å². The molecule has 0 amide bonds. The van der Waals surface area contributed by atoms with Gasteiger partial charge in [-0.2, -0.15) is 0 Å². The summed E-state index contributed by atoms with van der Waals surface area (Å²) in [7, 11) is -5.00. The van der Waals surface area contributed by atoms with Gasteiger partial charge in [0.05, 0.1) is 13.2 Å². The Hall–Kier alpha value is -0.660. The number of carbonyl (C=O) groups excluding carboxylic acids is 1. The van der Waals surface area contributed by atoms with Gasteiger partial charge in [-0.25, -0.2) is 4.57 Å². The number of phosphoric ester groups is 1. The molecule has 322 valence electrons. The highest BCUT2D eigenvalue weighted by Gasteiger charge is 2.51. The van der Waals surface area contributed by atoms with E-state index in [1.165, 1.54) is 128 Å². The lowest BCUT2D eigenvalue weighted by Gasteiger charge is -2.41. The van der Waals surface area contributed by atoms with E-state index in [2.05, 4.69) is 13.8 Å². The van der Waals surface area contributed by atoms with Crippen LogP contribution in [-0.2, 0) is 27.9 Å². The van der Waals surface area contributed by atoms with Gasteiger partial charge in [0, 0.05) is 13.0 Å². The van der Waals surface area contributed by atoms with Crippen molar-refractivity contribution < 1.29 is 58.3 Å². The van der Waals surface area contributed by atoms with Gasteiger partial charge in [0.15, 0.2) is 0 Å². The van der Waals surface area contributed by atoms with E-state index in [4.69, 9.17) is 18.5 Å². The first kappa shape index (κ1) is 51.4. The van der Waals surface area contributed by atoms with E-state index in [0.717, 1.165) is 38.5 Å². The van der Waals surface area contributed by atoms with Gasteiger partial charge in [0.1, 0.15) is 42.7 Å². The molecule has 0 aliphatic heterocycles. The molecule has 1 rings (SSSR count). The first-order chi connectivity index (χ1) is 26.0. The number of phosphoric acid groups is 1. The Kier molecular flexibility index (Phi) is 31.7. The van der Waals surface area contributed by atoms with E-state index in [9.17, 15) is 39.8 Å². The Bertz CT molecular complexity index is 911. The van der Waals surface area contributed by atoms with Crippen molar-refractivity contribution in [2.24, 2.45) is 0 Å². The molecule has 13 heteroatoms. The smallest absolute Gasteiger partial charge is 0.457 e. The maximum atomic E-state index is 12.8. The third-order valence-corrected chi connectivity index (χ3v) is 11.5. The summed E-state index contributed by atoms with van der Waals surface area (Å²) in [6.07, 6.45) is 20.4. The molecule has 0 heterocycles. The molecule has 0 aromatic rings. The zero-order valence-corrected chi connectivity index (χ0v) is 34.9. The molecule has 1 aliphatic rings. The van der Waals surface area contributed by atoms with Crippen molar-refractivity contribution in [2.75, 3.05) is 19.8 Å². The molecule has 6 unspecified atom stereocenters. The maximum Gasteiger partial charge on any atom is 0.472 e. The van der Waals surface area contributed by atoms with Crippen LogP contribution in [0.25, 0.3) is 0 Å². The minimum Gasteiger partial charge on any atom is -0.457 e. The number of esters is 1. The van der Waals surface area contributed by atoms with Crippen LogP contribution in [0.3, 0.4) is 0 Å². The van der Waals surface area contributed by atoms with Crippen molar-refractivity contribution in [1.29, 1.82) is 0 Å². The van der Waals surface area contributed by atoms with E-state index >= 15 is 0 Å². The SMILES string of the molecule is CCCCCCCCCCCCCCCCCCCCC(=O)OC(COCCCCCCCCCCC)COP(=O)(O)OC1C(O)C(O)C(O)C(O)C1O. The molecule has 0 aromatic heterocycles. The van der Waals surface area contributed by atoms with Crippen molar-refractivity contribution in [3.05, 3.63) is 0 Å². The lowest BCUT2D eigenvalue weighted by Crippen LogP contribution is -2.64. The lowest BCUT2D eigenvalue weighted by atomic mass is 9.85. The minimum atomic E-state index is -5.00. The summed E-state index contributed by atoms with van der Waals surface area (Å²) in [4.78, 5) is 23.1. The summed E-state index contributed by atoms with van der Waals surface area (Å²) in [5, 5.41) is 50.0. The Morgan fingerprint density at radius 3 is 1.28 bits per heavy atom. The van der Waals surface area contributed by atoms with Crippen LogP contribution in [0.5, 0.6) is 0 Å². The fraction of sp³-hybridized carbons (Fsp3) is 0.976. The Morgan fingerprint density at radius 1 is 0.519 bits per heavy atom. The summed E-state index contributed by atoms with van der Waals surface area (Å²) in [5.41, 5.74) is 0. The Balaban J connectivity index is 2.36. The highest BCUT2D eigenvalue weighted by molar-refractivity contribution is 7.47. The molecular formula is C41H81O12P. The second-order valence-electron chi connectivity index (χ2n) is 15.6. The van der Waals surface area contributed by atoms with Crippen LogP contribution < -0.4 is 0 Å². The topological polar surface area (TPSA) is 192 Å². The molecule has 0 saturated heterocycles. The van der Waals surface area contributed by atoms with E-state index < -0.39 is 63.1 Å². The number of carbonyl (C=O) groups is 1. The predicted octanol–water partition coefficient (Wildman–Crippen LogP) is 8.20. The van der Waals surface area contributed by atoms with Gasteiger partial charge < -0.3 is 39.9 Å². The number of hydrogen-bond donors (Lipinski definition) is 6. The molecule has 12 nitrogen and oxygen atoms in total. The van der Waals surface area contributed by atoms with Crippen molar-refractivity contribution in [3.8, 4) is 0 Å². The predicted molar refractivity (Wildman–Crippen MR) is 212 cm³/mol. The van der Waals surface area contributed by atoms with Crippen LogP contribution >= 0.6 is 7.82 Å². The zero-order chi connectivity index (χ0) is 39.9. The van der Waals surface area contributed by atoms with Crippen LogP contribution in [0.1, 0.15) is 194 Å². The number of rotatable bonds is 37. The van der Waals surface area contributed by atoms with E-state index in [1.54, 1.807) is 0 Å². The molecule has 0 bridgehead atoms. The molecule has 0 radical (unpaired) electrons. The van der Waals surface area contributed by atoms with Gasteiger partial charge >= 0.3 is 13.8 Å². The average molecular weight is 797 g/mol. The molecule has 1 aliphatic carbocycles. The number of ether oxygens (including phenoxy) is 2.